The van der Waals surface area contributed by atoms with Crippen molar-refractivity contribution in [1.82, 2.24) is 9.66 Å². The maximum absolute atomic E-state index is 12.9. The highest BCUT2D eigenvalue weighted by Gasteiger charge is 2.25. The third-order valence-electron chi connectivity index (χ3n) is 4.63. The number of hydrogen-bond donors (Lipinski definition) is 2. The molecule has 1 unspecified atom stereocenters. The van der Waals surface area contributed by atoms with E-state index in [-0.39, 0.29) is 5.56 Å². The average Bonchev–Trinajstić information content (AvgIpc) is 2.96. The van der Waals surface area contributed by atoms with Crippen LogP contribution >= 0.6 is 11.3 Å². The van der Waals surface area contributed by atoms with E-state index in [0.29, 0.717) is 17.8 Å². The van der Waals surface area contributed by atoms with Crippen LogP contribution in [0, 0.1) is 0 Å². The number of nitrogens with two attached hydrogens (primary N) is 1. The molecule has 1 atom stereocenters. The first-order valence-corrected chi connectivity index (χ1v) is 9.27. The highest BCUT2D eigenvalue weighted by molar-refractivity contribution is 7.18. The fraction of sp³-hybridized carbons (Fsp3) is 0.333. The van der Waals surface area contributed by atoms with Gasteiger partial charge in [-0.2, -0.15) is 0 Å². The van der Waals surface area contributed by atoms with Crippen molar-refractivity contribution in [2.24, 2.45) is 0 Å². The number of fused-ring (bicyclic) bond motifs is 3. The Balaban J connectivity index is 1.85. The lowest BCUT2D eigenvalue weighted by Gasteiger charge is -2.19. The third kappa shape index (κ3) is 2.69. The minimum atomic E-state index is -0.161. The van der Waals surface area contributed by atoms with Crippen LogP contribution in [0.3, 0.4) is 0 Å². The van der Waals surface area contributed by atoms with E-state index in [0.717, 1.165) is 41.2 Å². The quantitative estimate of drug-likeness (QED) is 0.680. The van der Waals surface area contributed by atoms with E-state index in [9.17, 15) is 4.79 Å². The first-order valence-electron chi connectivity index (χ1n) is 8.45. The number of nitrogens with one attached hydrogen (secondary N) is 1. The molecule has 7 heteroatoms. The summed E-state index contributed by atoms with van der Waals surface area (Å²) in [6.07, 6.45) is 0.903. The SMILES string of the molecule is CCOc1ccc(-c2nc3sc4c(c3c(=O)n2N)CC[NH+](C)C4)cc1. The van der Waals surface area contributed by atoms with Crippen LogP contribution in [0.15, 0.2) is 29.1 Å². The zero-order valence-electron chi connectivity index (χ0n) is 14.3. The number of nitrogen functional groups attached to an aromatic ring is 1. The number of rotatable bonds is 3. The molecular weight excluding hydrogens is 336 g/mol. The van der Waals surface area contributed by atoms with Crippen molar-refractivity contribution >= 4 is 21.6 Å². The number of benzene rings is 1. The van der Waals surface area contributed by atoms with Crippen molar-refractivity contribution in [2.45, 2.75) is 19.9 Å². The van der Waals surface area contributed by atoms with Gasteiger partial charge in [-0.15, -0.1) is 11.3 Å². The van der Waals surface area contributed by atoms with Crippen molar-refractivity contribution in [3.63, 3.8) is 0 Å². The first-order chi connectivity index (χ1) is 12.1. The number of hydrogen-bond acceptors (Lipinski definition) is 5. The minimum absolute atomic E-state index is 0.161. The number of nitrogens with zero attached hydrogens (tertiary/aromatic N) is 2. The average molecular weight is 357 g/mol. The molecular formula is C18H21N4O2S+. The summed E-state index contributed by atoms with van der Waals surface area (Å²) in [5, 5.41) is 0.699. The Labute approximate surface area is 149 Å². The summed E-state index contributed by atoms with van der Waals surface area (Å²) in [6.45, 7) is 4.53. The molecule has 1 aliphatic rings. The van der Waals surface area contributed by atoms with Crippen LogP contribution in [0.1, 0.15) is 17.4 Å². The Morgan fingerprint density at radius 1 is 1.36 bits per heavy atom. The summed E-state index contributed by atoms with van der Waals surface area (Å²) in [5.41, 5.74) is 1.78. The van der Waals surface area contributed by atoms with Gasteiger partial charge in [0.1, 0.15) is 17.1 Å². The van der Waals surface area contributed by atoms with Gasteiger partial charge in [0.15, 0.2) is 5.82 Å². The molecule has 1 aromatic carbocycles. The van der Waals surface area contributed by atoms with Gasteiger partial charge in [-0.25, -0.2) is 9.66 Å². The van der Waals surface area contributed by atoms with Gasteiger partial charge >= 0.3 is 0 Å². The maximum atomic E-state index is 12.9. The molecule has 3 aromatic rings. The Morgan fingerprint density at radius 2 is 2.12 bits per heavy atom. The van der Waals surface area contributed by atoms with Crippen LogP contribution in [-0.2, 0) is 13.0 Å². The molecule has 0 radical (unpaired) electrons. The first kappa shape index (κ1) is 16.1. The predicted molar refractivity (Wildman–Crippen MR) is 99.8 cm³/mol. The topological polar surface area (TPSA) is 74.6 Å². The van der Waals surface area contributed by atoms with Gasteiger partial charge in [0.05, 0.1) is 30.5 Å². The lowest BCUT2D eigenvalue weighted by molar-refractivity contribution is -0.895. The summed E-state index contributed by atoms with van der Waals surface area (Å²) < 4.78 is 6.64. The van der Waals surface area contributed by atoms with Crippen LogP contribution in [-0.4, -0.2) is 29.9 Å². The number of aromatic nitrogens is 2. The summed E-state index contributed by atoms with van der Waals surface area (Å²) in [6, 6.07) is 7.50. The van der Waals surface area contributed by atoms with Crippen LogP contribution in [0.2, 0.25) is 0 Å². The van der Waals surface area contributed by atoms with E-state index in [1.165, 1.54) is 14.5 Å². The van der Waals surface area contributed by atoms with Crippen LogP contribution < -0.4 is 21.0 Å². The molecule has 1 aliphatic heterocycles. The lowest BCUT2D eigenvalue weighted by atomic mass is 10.1. The van der Waals surface area contributed by atoms with E-state index in [1.54, 1.807) is 11.3 Å². The molecule has 2 aromatic heterocycles. The van der Waals surface area contributed by atoms with Gasteiger partial charge in [0, 0.05) is 12.0 Å². The molecule has 0 bridgehead atoms. The second-order valence-electron chi connectivity index (χ2n) is 6.39. The van der Waals surface area contributed by atoms with Crippen molar-refractivity contribution in [1.29, 1.82) is 0 Å². The van der Waals surface area contributed by atoms with Gasteiger partial charge in [0.25, 0.3) is 5.56 Å². The second kappa shape index (κ2) is 6.16. The van der Waals surface area contributed by atoms with Gasteiger partial charge in [-0.05, 0) is 36.8 Å². The third-order valence-corrected chi connectivity index (χ3v) is 5.75. The summed E-state index contributed by atoms with van der Waals surface area (Å²) in [7, 11) is 2.17. The number of thiophene rings is 1. The Bertz CT molecular complexity index is 991. The monoisotopic (exact) mass is 357 g/mol. The molecule has 130 valence electrons. The standard InChI is InChI=1S/C18H20N4O2S/c1-3-24-12-6-4-11(5-7-12)16-20-17-15(18(23)22(16)19)13-8-9-21(2)10-14(13)25-17/h4-7H,3,8-10,19H2,1-2H3/p+1. The highest BCUT2D eigenvalue weighted by atomic mass is 32.1. The fourth-order valence-corrected chi connectivity index (χ4v) is 4.67. The summed E-state index contributed by atoms with van der Waals surface area (Å²) >= 11 is 1.62. The minimum Gasteiger partial charge on any atom is -0.494 e. The Hall–Kier alpha value is -2.38. The lowest BCUT2D eigenvalue weighted by Crippen LogP contribution is -3.08. The van der Waals surface area contributed by atoms with Crippen molar-refractivity contribution in [2.75, 3.05) is 26.0 Å². The van der Waals surface area contributed by atoms with Crippen LogP contribution in [0.4, 0.5) is 0 Å². The zero-order valence-corrected chi connectivity index (χ0v) is 15.2. The van der Waals surface area contributed by atoms with E-state index in [2.05, 4.69) is 7.05 Å². The molecule has 25 heavy (non-hydrogen) atoms. The van der Waals surface area contributed by atoms with Crippen molar-refractivity contribution < 1.29 is 9.64 Å². The normalized spacial score (nSPS) is 16.8. The molecule has 0 saturated heterocycles. The van der Waals surface area contributed by atoms with Gasteiger partial charge < -0.3 is 15.5 Å². The molecule has 0 amide bonds. The fourth-order valence-electron chi connectivity index (χ4n) is 3.34. The van der Waals surface area contributed by atoms with Crippen molar-refractivity contribution in [3.8, 4) is 17.1 Å². The number of ether oxygens (including phenoxy) is 1. The van der Waals surface area contributed by atoms with Gasteiger partial charge in [-0.3, -0.25) is 4.79 Å². The molecule has 0 fully saturated rings. The molecule has 3 heterocycles. The van der Waals surface area contributed by atoms with Crippen LogP contribution in [0.25, 0.3) is 21.6 Å². The largest absolute Gasteiger partial charge is 0.494 e. The smallest absolute Gasteiger partial charge is 0.281 e. The van der Waals surface area contributed by atoms with E-state index >= 15 is 0 Å². The highest BCUT2D eigenvalue weighted by Crippen LogP contribution is 2.30. The maximum Gasteiger partial charge on any atom is 0.281 e. The number of quaternary nitrogens is 1. The van der Waals surface area contributed by atoms with E-state index in [1.807, 2.05) is 31.2 Å². The van der Waals surface area contributed by atoms with Crippen LogP contribution in [0.5, 0.6) is 5.75 Å². The molecule has 4 rings (SSSR count). The van der Waals surface area contributed by atoms with Crippen molar-refractivity contribution in [3.05, 3.63) is 45.1 Å². The zero-order chi connectivity index (χ0) is 17.6. The molecule has 0 spiro atoms. The Kier molecular flexibility index (Phi) is 3.97. The molecule has 0 saturated carbocycles. The summed E-state index contributed by atoms with van der Waals surface area (Å²) in [5.74, 6) is 7.38. The van der Waals surface area contributed by atoms with Gasteiger partial charge in [0.2, 0.25) is 0 Å². The molecule has 0 aliphatic carbocycles. The Morgan fingerprint density at radius 3 is 2.84 bits per heavy atom. The molecule has 6 nitrogen and oxygen atoms in total. The predicted octanol–water partition coefficient (Wildman–Crippen LogP) is 0.808. The molecule has 3 N–H and O–H groups in total. The second-order valence-corrected chi connectivity index (χ2v) is 7.47. The number of likely N-dealkylation sites (N-methyl/N-ethyl adjacent to an activating group) is 1. The van der Waals surface area contributed by atoms with E-state index < -0.39 is 0 Å². The van der Waals surface area contributed by atoms with E-state index in [4.69, 9.17) is 15.6 Å². The summed E-state index contributed by atoms with van der Waals surface area (Å²) in [4.78, 5) is 21.1. The van der Waals surface area contributed by atoms with Gasteiger partial charge in [-0.1, -0.05) is 0 Å².